The summed E-state index contributed by atoms with van der Waals surface area (Å²) < 4.78 is 11.1. The molecular weight excluding hydrogens is 288 g/mol. The third-order valence-electron chi connectivity index (χ3n) is 3.23. The molecule has 0 radical (unpaired) electrons. The van der Waals surface area contributed by atoms with E-state index in [-0.39, 0.29) is 0 Å². The zero-order valence-corrected chi connectivity index (χ0v) is 13.7. The van der Waals surface area contributed by atoms with Gasteiger partial charge in [0.15, 0.2) is 5.17 Å². The van der Waals surface area contributed by atoms with Crippen molar-refractivity contribution >= 4 is 27.7 Å². The van der Waals surface area contributed by atoms with Gasteiger partial charge in [-0.1, -0.05) is 42.1 Å². The van der Waals surface area contributed by atoms with E-state index < -0.39 is 10.8 Å². The van der Waals surface area contributed by atoms with Gasteiger partial charge in [-0.25, -0.2) is 0 Å². The molecule has 0 aliphatic carbocycles. The van der Waals surface area contributed by atoms with Crippen LogP contribution in [0.25, 0.3) is 0 Å². The Labute approximate surface area is 128 Å². The highest BCUT2D eigenvalue weighted by Crippen LogP contribution is 2.20. The first kappa shape index (κ1) is 15.6. The van der Waals surface area contributed by atoms with E-state index in [4.69, 9.17) is 4.99 Å². The molecule has 1 aromatic carbocycles. The highest BCUT2D eigenvalue weighted by atomic mass is 32.2. The predicted molar refractivity (Wildman–Crippen MR) is 90.0 cm³/mol. The van der Waals surface area contributed by atoms with E-state index >= 15 is 0 Å². The van der Waals surface area contributed by atoms with Crippen LogP contribution in [0.15, 0.2) is 35.3 Å². The number of nitrogens with one attached hydrogen (secondary N) is 1. The molecule has 20 heavy (non-hydrogen) atoms. The molecule has 1 heterocycles. The summed E-state index contributed by atoms with van der Waals surface area (Å²) in [4.78, 5) is 4.74. The van der Waals surface area contributed by atoms with E-state index in [9.17, 15) is 4.21 Å². The molecule has 3 nitrogen and oxygen atoms in total. The highest BCUT2D eigenvalue weighted by Gasteiger charge is 2.19. The summed E-state index contributed by atoms with van der Waals surface area (Å²) in [6, 6.07) is 11.2. The maximum Gasteiger partial charge on any atom is 0.157 e. The van der Waals surface area contributed by atoms with Crippen LogP contribution >= 0.6 is 11.8 Å². The van der Waals surface area contributed by atoms with Gasteiger partial charge in [-0.3, -0.25) is 9.20 Å². The molecule has 1 N–H and O–H groups in total. The molecular formula is C15H22N2OS2. The van der Waals surface area contributed by atoms with Crippen molar-refractivity contribution in [2.75, 3.05) is 17.8 Å². The Morgan fingerprint density at radius 3 is 2.90 bits per heavy atom. The second-order valence-corrected chi connectivity index (χ2v) is 7.76. The van der Waals surface area contributed by atoms with Crippen molar-refractivity contribution in [2.24, 2.45) is 4.99 Å². The summed E-state index contributed by atoms with van der Waals surface area (Å²) in [6.45, 7) is 2.13. The predicted octanol–water partition coefficient (Wildman–Crippen LogP) is 2.45. The fourth-order valence-electron chi connectivity index (χ4n) is 2.11. The lowest BCUT2D eigenvalue weighted by Gasteiger charge is -2.13. The second kappa shape index (κ2) is 7.84. The third kappa shape index (κ3) is 5.29. The van der Waals surface area contributed by atoms with Crippen molar-refractivity contribution in [3.8, 4) is 0 Å². The van der Waals surface area contributed by atoms with E-state index in [2.05, 4.69) is 36.5 Å². The van der Waals surface area contributed by atoms with Gasteiger partial charge < -0.3 is 5.32 Å². The highest BCUT2D eigenvalue weighted by molar-refractivity contribution is 8.14. The molecule has 1 aliphatic rings. The average molecular weight is 310 g/mol. The summed E-state index contributed by atoms with van der Waals surface area (Å²) in [5.41, 5.74) is 1.34. The number of benzene rings is 1. The Hall–Kier alpha value is -0.810. The number of hydrogen-bond donors (Lipinski definition) is 1. The molecule has 1 aromatic rings. The van der Waals surface area contributed by atoms with Crippen LogP contribution in [0.3, 0.4) is 0 Å². The molecule has 2 rings (SSSR count). The van der Waals surface area contributed by atoms with Gasteiger partial charge in [-0.05, 0) is 25.3 Å². The number of rotatable bonds is 6. The molecule has 1 aliphatic heterocycles. The fourth-order valence-corrected chi connectivity index (χ4v) is 3.85. The lowest BCUT2D eigenvalue weighted by atomic mass is 10.1. The van der Waals surface area contributed by atoms with Crippen molar-refractivity contribution < 1.29 is 4.21 Å². The molecule has 3 unspecified atom stereocenters. The Bertz CT molecular complexity index is 476. The fraction of sp³-hybridized carbons (Fsp3) is 0.533. The molecule has 0 amide bonds. The normalized spacial score (nSPS) is 21.3. The summed E-state index contributed by atoms with van der Waals surface area (Å²) in [5.74, 6) is 1.79. The summed E-state index contributed by atoms with van der Waals surface area (Å²) in [7, 11) is -0.709. The van der Waals surface area contributed by atoms with Gasteiger partial charge in [-0.2, -0.15) is 0 Å². The zero-order valence-electron chi connectivity index (χ0n) is 12.0. The number of thioether (sulfide) groups is 1. The van der Waals surface area contributed by atoms with Gasteiger partial charge in [0.1, 0.15) is 0 Å². The van der Waals surface area contributed by atoms with Crippen LogP contribution in [0, 0.1) is 0 Å². The van der Waals surface area contributed by atoms with Gasteiger partial charge in [-0.15, -0.1) is 0 Å². The zero-order chi connectivity index (χ0) is 14.4. The monoisotopic (exact) mass is 310 g/mol. The van der Waals surface area contributed by atoms with Crippen LogP contribution in [0.4, 0.5) is 0 Å². The molecule has 3 atom stereocenters. The van der Waals surface area contributed by atoms with Gasteiger partial charge >= 0.3 is 0 Å². The Morgan fingerprint density at radius 2 is 2.20 bits per heavy atom. The number of hydrogen-bond acceptors (Lipinski definition) is 4. The Kier molecular flexibility index (Phi) is 6.10. The SMILES string of the molecule is CC(CCS(C)=O)NC1=NC(Cc2ccccc2)CS1. The van der Waals surface area contributed by atoms with Gasteiger partial charge in [0.2, 0.25) is 0 Å². The summed E-state index contributed by atoms with van der Waals surface area (Å²) in [6.07, 6.45) is 3.68. The average Bonchev–Trinajstić information content (AvgIpc) is 2.85. The van der Waals surface area contributed by atoms with E-state index in [0.717, 1.165) is 29.5 Å². The molecule has 0 saturated carbocycles. The maximum atomic E-state index is 11.1. The van der Waals surface area contributed by atoms with Crippen LogP contribution in [0.2, 0.25) is 0 Å². The molecule has 0 fully saturated rings. The first-order chi connectivity index (χ1) is 9.63. The largest absolute Gasteiger partial charge is 0.362 e. The minimum Gasteiger partial charge on any atom is -0.362 e. The number of aliphatic imine (C=N–C) groups is 1. The molecule has 0 saturated heterocycles. The van der Waals surface area contributed by atoms with Crippen LogP contribution in [0.5, 0.6) is 0 Å². The standard InChI is InChI=1S/C15H22N2OS2/c1-12(8-9-20(2)18)16-15-17-14(11-19-15)10-13-6-4-3-5-7-13/h3-7,12,14H,8-11H2,1-2H3,(H,16,17). The number of amidine groups is 1. The van der Waals surface area contributed by atoms with Crippen LogP contribution in [0.1, 0.15) is 18.9 Å². The summed E-state index contributed by atoms with van der Waals surface area (Å²) in [5, 5.41) is 4.47. The van der Waals surface area contributed by atoms with Gasteiger partial charge in [0.05, 0.1) is 6.04 Å². The Balaban J connectivity index is 1.79. The van der Waals surface area contributed by atoms with Crippen LogP contribution in [-0.4, -0.2) is 39.2 Å². The van der Waals surface area contributed by atoms with Crippen molar-refractivity contribution in [1.29, 1.82) is 0 Å². The molecule has 0 bridgehead atoms. The molecule has 110 valence electrons. The lowest BCUT2D eigenvalue weighted by Crippen LogP contribution is -2.31. The van der Waals surface area contributed by atoms with Crippen molar-refractivity contribution in [2.45, 2.75) is 31.8 Å². The quantitative estimate of drug-likeness (QED) is 0.877. The van der Waals surface area contributed by atoms with Gasteiger partial charge in [0, 0.05) is 34.6 Å². The topological polar surface area (TPSA) is 41.5 Å². The smallest absolute Gasteiger partial charge is 0.157 e. The van der Waals surface area contributed by atoms with Gasteiger partial charge in [0.25, 0.3) is 0 Å². The lowest BCUT2D eigenvalue weighted by molar-refractivity contribution is 0.635. The third-order valence-corrected chi connectivity index (χ3v) is 5.09. The van der Waals surface area contributed by atoms with E-state index in [0.29, 0.717) is 12.1 Å². The molecule has 0 spiro atoms. The summed E-state index contributed by atoms with van der Waals surface area (Å²) >= 11 is 1.80. The van der Waals surface area contributed by atoms with Crippen molar-refractivity contribution in [1.82, 2.24) is 5.32 Å². The molecule has 5 heteroatoms. The molecule has 0 aromatic heterocycles. The minimum absolute atomic E-state index is 0.334. The first-order valence-corrected chi connectivity index (χ1v) is 9.66. The van der Waals surface area contributed by atoms with Crippen LogP contribution < -0.4 is 5.32 Å². The first-order valence-electron chi connectivity index (χ1n) is 6.94. The van der Waals surface area contributed by atoms with E-state index in [1.54, 1.807) is 18.0 Å². The Morgan fingerprint density at radius 1 is 1.45 bits per heavy atom. The minimum atomic E-state index is -0.709. The number of nitrogens with zero attached hydrogens (tertiary/aromatic N) is 1. The second-order valence-electron chi connectivity index (χ2n) is 5.20. The van der Waals surface area contributed by atoms with E-state index in [1.807, 2.05) is 6.07 Å². The maximum absolute atomic E-state index is 11.1. The van der Waals surface area contributed by atoms with Crippen molar-refractivity contribution in [3.63, 3.8) is 0 Å². The van der Waals surface area contributed by atoms with Crippen molar-refractivity contribution in [3.05, 3.63) is 35.9 Å². The van der Waals surface area contributed by atoms with E-state index in [1.165, 1.54) is 5.56 Å². The van der Waals surface area contributed by atoms with Crippen LogP contribution in [-0.2, 0) is 17.2 Å².